The molecular formula is C21H35IN4O2S. The minimum absolute atomic E-state index is 0. The quantitative estimate of drug-likeness (QED) is 0.271. The number of nitrogens with zero attached hydrogens (tertiary/aromatic N) is 1. The van der Waals surface area contributed by atoms with Crippen molar-refractivity contribution in [2.75, 3.05) is 24.2 Å². The molecule has 0 heterocycles. The summed E-state index contributed by atoms with van der Waals surface area (Å²) < 4.78 is 12.2. The summed E-state index contributed by atoms with van der Waals surface area (Å²) in [5.74, 6) is 1.52. The maximum atomic E-state index is 12.2. The second-order valence-corrected chi connectivity index (χ2v) is 9.19. The lowest BCUT2D eigenvalue weighted by Crippen LogP contribution is -2.46. The predicted octanol–water partition coefficient (Wildman–Crippen LogP) is 3.44. The third-order valence-electron chi connectivity index (χ3n) is 4.91. The Balaban J connectivity index is 0.00000420. The average molecular weight is 535 g/mol. The van der Waals surface area contributed by atoms with Gasteiger partial charge in [0, 0.05) is 53.5 Å². The molecule has 1 aromatic rings. The Morgan fingerprint density at radius 2 is 1.93 bits per heavy atom. The minimum Gasteiger partial charge on any atom is -0.357 e. The Labute approximate surface area is 194 Å². The van der Waals surface area contributed by atoms with E-state index in [1.165, 1.54) is 12.5 Å². The molecule has 8 heteroatoms. The standard InChI is InChI=1S/C21H34N4O2S.HI/c1-4-22-21(25-19-7-6-8-20(15-19)28(27)5-2)23-14-13-17-9-11-18(12-10-17)24-16(3)26;/h9-12,19-20H,4-8,13-15H2,1-3H3,(H,24,26)(H2,22,23,25);1H. The number of aliphatic imine (C=N–C) groups is 1. The Morgan fingerprint density at radius 3 is 2.55 bits per heavy atom. The third kappa shape index (κ3) is 9.46. The van der Waals surface area contributed by atoms with E-state index >= 15 is 0 Å². The van der Waals surface area contributed by atoms with Gasteiger partial charge in [0.1, 0.15) is 0 Å². The zero-order valence-corrected chi connectivity index (χ0v) is 20.8. The molecule has 29 heavy (non-hydrogen) atoms. The van der Waals surface area contributed by atoms with Gasteiger partial charge in [-0.1, -0.05) is 25.5 Å². The van der Waals surface area contributed by atoms with Gasteiger partial charge in [-0.15, -0.1) is 24.0 Å². The highest BCUT2D eigenvalue weighted by Gasteiger charge is 2.25. The van der Waals surface area contributed by atoms with Crippen LogP contribution < -0.4 is 16.0 Å². The van der Waals surface area contributed by atoms with Gasteiger partial charge in [0.25, 0.3) is 0 Å². The van der Waals surface area contributed by atoms with Crippen LogP contribution in [0.3, 0.4) is 0 Å². The van der Waals surface area contributed by atoms with E-state index < -0.39 is 10.8 Å². The highest BCUT2D eigenvalue weighted by atomic mass is 127. The molecule has 3 unspecified atom stereocenters. The van der Waals surface area contributed by atoms with Gasteiger partial charge >= 0.3 is 0 Å². The number of benzene rings is 1. The molecular weight excluding hydrogens is 499 g/mol. The molecule has 1 fully saturated rings. The number of guanidine groups is 1. The van der Waals surface area contributed by atoms with Crippen LogP contribution in [0.15, 0.2) is 29.3 Å². The number of carbonyl (C=O) groups excluding carboxylic acids is 1. The van der Waals surface area contributed by atoms with Crippen molar-refractivity contribution in [1.82, 2.24) is 10.6 Å². The molecule has 0 radical (unpaired) electrons. The van der Waals surface area contributed by atoms with Crippen molar-refractivity contribution in [3.63, 3.8) is 0 Å². The van der Waals surface area contributed by atoms with Crippen molar-refractivity contribution in [2.24, 2.45) is 4.99 Å². The number of hydrogen-bond donors (Lipinski definition) is 3. The van der Waals surface area contributed by atoms with E-state index in [1.54, 1.807) is 0 Å². The Hall–Kier alpha value is -1.16. The van der Waals surface area contributed by atoms with Crippen molar-refractivity contribution in [3.8, 4) is 0 Å². The number of rotatable bonds is 8. The molecule has 164 valence electrons. The molecule has 6 nitrogen and oxygen atoms in total. The van der Waals surface area contributed by atoms with Gasteiger partial charge in [0.15, 0.2) is 5.96 Å². The molecule has 1 amide bonds. The Morgan fingerprint density at radius 1 is 1.21 bits per heavy atom. The van der Waals surface area contributed by atoms with Crippen molar-refractivity contribution in [1.29, 1.82) is 0 Å². The van der Waals surface area contributed by atoms with Crippen LogP contribution >= 0.6 is 24.0 Å². The fourth-order valence-corrected chi connectivity index (χ4v) is 4.87. The third-order valence-corrected chi connectivity index (χ3v) is 6.65. The van der Waals surface area contributed by atoms with Crippen molar-refractivity contribution < 1.29 is 9.00 Å². The first-order valence-corrected chi connectivity index (χ1v) is 11.7. The van der Waals surface area contributed by atoms with Gasteiger partial charge in [0.2, 0.25) is 5.91 Å². The molecule has 1 aromatic carbocycles. The first kappa shape index (κ1) is 25.9. The number of amides is 1. The monoisotopic (exact) mass is 534 g/mol. The van der Waals surface area contributed by atoms with Crippen molar-refractivity contribution in [2.45, 2.75) is 64.2 Å². The highest BCUT2D eigenvalue weighted by molar-refractivity contribution is 14.0. The number of carbonyl (C=O) groups is 1. The van der Waals surface area contributed by atoms with Crippen LogP contribution in [0.25, 0.3) is 0 Å². The zero-order chi connectivity index (χ0) is 20.4. The minimum atomic E-state index is -0.715. The molecule has 0 aliphatic heterocycles. The number of nitrogens with one attached hydrogen (secondary N) is 3. The lowest BCUT2D eigenvalue weighted by atomic mass is 9.95. The van der Waals surface area contributed by atoms with Gasteiger partial charge in [-0.2, -0.15) is 0 Å². The van der Waals surface area contributed by atoms with Gasteiger partial charge in [-0.25, -0.2) is 0 Å². The summed E-state index contributed by atoms with van der Waals surface area (Å²) in [6, 6.07) is 8.21. The van der Waals surface area contributed by atoms with Crippen molar-refractivity contribution >= 4 is 52.3 Å². The van der Waals surface area contributed by atoms with Gasteiger partial charge < -0.3 is 16.0 Å². The molecule has 0 saturated heterocycles. The summed E-state index contributed by atoms with van der Waals surface area (Å²) in [6.07, 6.45) is 5.08. The Kier molecular flexibility index (Phi) is 12.4. The summed E-state index contributed by atoms with van der Waals surface area (Å²) in [5, 5.41) is 9.94. The Bertz CT molecular complexity index is 682. The summed E-state index contributed by atoms with van der Waals surface area (Å²) in [5.41, 5.74) is 2.00. The fourth-order valence-electron chi connectivity index (χ4n) is 3.52. The van der Waals surface area contributed by atoms with E-state index in [4.69, 9.17) is 4.99 Å². The largest absolute Gasteiger partial charge is 0.357 e. The van der Waals surface area contributed by atoms with Crippen molar-refractivity contribution in [3.05, 3.63) is 29.8 Å². The average Bonchev–Trinajstić information content (AvgIpc) is 2.68. The van der Waals surface area contributed by atoms with E-state index in [0.717, 1.165) is 56.0 Å². The van der Waals surface area contributed by atoms with E-state index in [-0.39, 0.29) is 29.9 Å². The topological polar surface area (TPSA) is 82.6 Å². The summed E-state index contributed by atoms with van der Waals surface area (Å²) >= 11 is 0. The van der Waals surface area contributed by atoms with E-state index in [2.05, 4.69) is 22.9 Å². The molecule has 2 rings (SSSR count). The normalized spacial score (nSPS) is 20.3. The predicted molar refractivity (Wildman–Crippen MR) is 134 cm³/mol. The molecule has 0 spiro atoms. The first-order valence-electron chi connectivity index (χ1n) is 10.3. The molecule has 1 aliphatic rings. The van der Waals surface area contributed by atoms with Crippen LogP contribution in [0.4, 0.5) is 5.69 Å². The molecule has 1 aliphatic carbocycles. The van der Waals surface area contributed by atoms with E-state index in [1.807, 2.05) is 31.2 Å². The fraction of sp³-hybridized carbons (Fsp3) is 0.619. The van der Waals surface area contributed by atoms with Crippen LogP contribution in [0.1, 0.15) is 52.0 Å². The molecule has 3 atom stereocenters. The number of anilines is 1. The van der Waals surface area contributed by atoms with Gasteiger partial charge in [-0.05, 0) is 50.3 Å². The molecule has 3 N–H and O–H groups in total. The van der Waals surface area contributed by atoms with E-state index in [9.17, 15) is 9.00 Å². The van der Waals surface area contributed by atoms with Crippen LogP contribution in [0.2, 0.25) is 0 Å². The lowest BCUT2D eigenvalue weighted by molar-refractivity contribution is -0.114. The van der Waals surface area contributed by atoms with Crippen LogP contribution in [0.5, 0.6) is 0 Å². The molecule has 1 saturated carbocycles. The molecule has 0 bridgehead atoms. The zero-order valence-electron chi connectivity index (χ0n) is 17.7. The number of halogens is 1. The smallest absolute Gasteiger partial charge is 0.221 e. The second kappa shape index (κ2) is 14.0. The SMILES string of the molecule is CCNC(=NCCc1ccc(NC(C)=O)cc1)NC1CCCC(S(=O)CC)C1.I. The van der Waals surface area contributed by atoms with Crippen LogP contribution in [-0.2, 0) is 22.0 Å². The molecule has 0 aromatic heterocycles. The lowest BCUT2D eigenvalue weighted by Gasteiger charge is -2.30. The summed E-state index contributed by atoms with van der Waals surface area (Å²) in [7, 11) is -0.715. The number of hydrogen-bond acceptors (Lipinski definition) is 3. The summed E-state index contributed by atoms with van der Waals surface area (Å²) in [4.78, 5) is 15.8. The second-order valence-electron chi connectivity index (χ2n) is 7.19. The first-order chi connectivity index (χ1) is 13.5. The van der Waals surface area contributed by atoms with Crippen LogP contribution in [-0.4, -0.2) is 46.2 Å². The van der Waals surface area contributed by atoms with Gasteiger partial charge in [-0.3, -0.25) is 14.0 Å². The maximum Gasteiger partial charge on any atom is 0.221 e. The maximum absolute atomic E-state index is 12.2. The van der Waals surface area contributed by atoms with E-state index in [0.29, 0.717) is 17.8 Å². The van der Waals surface area contributed by atoms with Gasteiger partial charge in [0.05, 0.1) is 0 Å². The highest BCUT2D eigenvalue weighted by Crippen LogP contribution is 2.23. The summed E-state index contributed by atoms with van der Waals surface area (Å²) in [6.45, 7) is 7.07. The van der Waals surface area contributed by atoms with Crippen LogP contribution in [0, 0.1) is 0 Å².